The van der Waals surface area contributed by atoms with Crippen molar-refractivity contribution in [2.24, 2.45) is 0 Å². The normalized spacial score (nSPS) is 11.5. The van der Waals surface area contributed by atoms with Crippen LogP contribution in [0.3, 0.4) is 0 Å². The van der Waals surface area contributed by atoms with E-state index in [0.29, 0.717) is 37.5 Å². The van der Waals surface area contributed by atoms with Crippen LogP contribution in [0.2, 0.25) is 0 Å². The molecule has 0 spiro atoms. The largest absolute Gasteiger partial charge is 0.400 e. The first kappa shape index (κ1) is 28.1. The Kier molecular flexibility index (Phi) is 19.2. The number of benzene rings is 1. The molecule has 0 aliphatic heterocycles. The van der Waals surface area contributed by atoms with Gasteiger partial charge in [0.2, 0.25) is 0 Å². The number of hydrogen-bond acceptors (Lipinski definition) is 5. The summed E-state index contributed by atoms with van der Waals surface area (Å²) in [4.78, 5) is 35.7. The first-order chi connectivity index (χ1) is 14.7. The zero-order valence-corrected chi connectivity index (χ0v) is 18.9. The average Bonchev–Trinajstić information content (AvgIpc) is 2.77. The second-order valence-electron chi connectivity index (χ2n) is 7.69. The van der Waals surface area contributed by atoms with Crippen molar-refractivity contribution < 1.29 is 19.5 Å². The number of carbonyl (C=O) groups excluding carboxylic acids is 3. The molecule has 5 heteroatoms. The van der Waals surface area contributed by atoms with Crippen molar-refractivity contribution in [1.29, 1.82) is 0 Å². The molecule has 170 valence electrons. The van der Waals surface area contributed by atoms with E-state index in [1.165, 1.54) is 0 Å². The van der Waals surface area contributed by atoms with E-state index in [-0.39, 0.29) is 0 Å². The van der Waals surface area contributed by atoms with Gasteiger partial charge in [0.15, 0.2) is 0 Å². The van der Waals surface area contributed by atoms with E-state index < -0.39 is 0 Å². The third-order valence-corrected chi connectivity index (χ3v) is 5.32. The van der Waals surface area contributed by atoms with Crippen molar-refractivity contribution in [3.63, 3.8) is 0 Å². The van der Waals surface area contributed by atoms with Gasteiger partial charge < -0.3 is 19.6 Å². The molecule has 0 radical (unpaired) electrons. The third-order valence-electron chi connectivity index (χ3n) is 5.32. The van der Waals surface area contributed by atoms with Crippen LogP contribution in [0.5, 0.6) is 0 Å². The van der Waals surface area contributed by atoms with Crippen LogP contribution in [-0.2, 0) is 20.8 Å². The van der Waals surface area contributed by atoms with E-state index >= 15 is 0 Å². The van der Waals surface area contributed by atoms with Crippen LogP contribution in [0.25, 0.3) is 0 Å². The number of ketones is 1. The molecule has 1 N–H and O–H groups in total. The molecular weight excluding hydrogens is 378 g/mol. The monoisotopic (exact) mass is 419 g/mol. The number of rotatable bonds is 18. The van der Waals surface area contributed by atoms with E-state index in [1.54, 1.807) is 0 Å². The number of Topliss-reactive ketones (excluding diaryl/α,β-unsaturated/α-hetero) is 1. The van der Waals surface area contributed by atoms with Gasteiger partial charge in [-0.1, -0.05) is 49.6 Å². The highest BCUT2D eigenvalue weighted by Crippen LogP contribution is 2.16. The van der Waals surface area contributed by atoms with Crippen molar-refractivity contribution in [3.05, 3.63) is 35.9 Å². The molecule has 0 saturated heterocycles. The summed E-state index contributed by atoms with van der Waals surface area (Å²) in [6.07, 6.45) is 12.6. The molecule has 0 aliphatic rings. The minimum absolute atomic E-state index is 0.298. The summed E-state index contributed by atoms with van der Waals surface area (Å²) in [5.41, 5.74) is 1.08. The van der Waals surface area contributed by atoms with Gasteiger partial charge in [-0.25, -0.2) is 0 Å². The Morgan fingerprint density at radius 1 is 0.900 bits per heavy atom. The highest BCUT2D eigenvalue weighted by molar-refractivity contribution is 5.80. The van der Waals surface area contributed by atoms with E-state index in [1.807, 2.05) is 30.3 Å². The van der Waals surface area contributed by atoms with Gasteiger partial charge in [-0.3, -0.25) is 4.79 Å². The summed E-state index contributed by atoms with van der Waals surface area (Å²) < 4.78 is 0. The van der Waals surface area contributed by atoms with Crippen molar-refractivity contribution in [3.8, 4) is 0 Å². The fourth-order valence-corrected chi connectivity index (χ4v) is 3.56. The van der Waals surface area contributed by atoms with Gasteiger partial charge in [-0.05, 0) is 51.3 Å². The lowest BCUT2D eigenvalue weighted by atomic mass is 9.98. The highest BCUT2D eigenvalue weighted by Gasteiger charge is 2.16. The van der Waals surface area contributed by atoms with Gasteiger partial charge in [0.1, 0.15) is 18.4 Å². The van der Waals surface area contributed by atoms with Crippen LogP contribution in [0.1, 0.15) is 76.2 Å². The van der Waals surface area contributed by atoms with Gasteiger partial charge in [0, 0.05) is 38.8 Å². The zero-order chi connectivity index (χ0) is 22.5. The van der Waals surface area contributed by atoms with Gasteiger partial charge in [0.25, 0.3) is 0 Å². The third kappa shape index (κ3) is 15.1. The topological polar surface area (TPSA) is 74.7 Å². The molecule has 1 atom stereocenters. The van der Waals surface area contributed by atoms with E-state index in [2.05, 4.69) is 11.9 Å². The smallest absolute Gasteiger partial charge is 0.137 e. The molecule has 0 aliphatic carbocycles. The molecule has 0 saturated carbocycles. The lowest BCUT2D eigenvalue weighted by molar-refractivity contribution is -0.118. The number of aldehydes is 2. The van der Waals surface area contributed by atoms with Crippen LogP contribution in [0.15, 0.2) is 30.3 Å². The highest BCUT2D eigenvalue weighted by atomic mass is 16.2. The molecule has 0 fully saturated rings. The number of nitrogens with zero attached hydrogens (tertiary/aromatic N) is 1. The Morgan fingerprint density at radius 2 is 1.50 bits per heavy atom. The average molecular weight is 420 g/mol. The molecule has 0 aromatic heterocycles. The maximum Gasteiger partial charge on any atom is 0.137 e. The van der Waals surface area contributed by atoms with Crippen molar-refractivity contribution in [2.75, 3.05) is 20.7 Å². The summed E-state index contributed by atoms with van der Waals surface area (Å²) in [5.74, 6) is 0.298. The molecule has 30 heavy (non-hydrogen) atoms. The lowest BCUT2D eigenvalue weighted by Crippen LogP contribution is -2.33. The van der Waals surface area contributed by atoms with Crippen molar-refractivity contribution in [1.82, 2.24) is 4.90 Å². The quantitative estimate of drug-likeness (QED) is 0.282. The molecule has 1 aromatic rings. The second-order valence-corrected chi connectivity index (χ2v) is 7.69. The van der Waals surface area contributed by atoms with E-state index in [0.717, 1.165) is 83.2 Å². The van der Waals surface area contributed by atoms with Crippen LogP contribution in [0, 0.1) is 0 Å². The SMILES string of the molecule is CN(CCCCCCC=O)C(CCCCC=O)CCC(=O)Cc1ccccc1.CO. The van der Waals surface area contributed by atoms with Crippen LogP contribution in [-0.4, -0.2) is 55.1 Å². The van der Waals surface area contributed by atoms with Crippen LogP contribution in [0.4, 0.5) is 0 Å². The fourth-order valence-electron chi connectivity index (χ4n) is 3.56. The van der Waals surface area contributed by atoms with Crippen molar-refractivity contribution in [2.45, 2.75) is 83.1 Å². The van der Waals surface area contributed by atoms with Crippen LogP contribution < -0.4 is 0 Å². The van der Waals surface area contributed by atoms with Gasteiger partial charge in [-0.15, -0.1) is 0 Å². The van der Waals surface area contributed by atoms with Gasteiger partial charge in [0.05, 0.1) is 0 Å². The lowest BCUT2D eigenvalue weighted by Gasteiger charge is -2.28. The number of hydrogen-bond donors (Lipinski definition) is 1. The molecule has 5 nitrogen and oxygen atoms in total. The van der Waals surface area contributed by atoms with Gasteiger partial charge >= 0.3 is 0 Å². The number of carbonyl (C=O) groups is 3. The maximum atomic E-state index is 12.4. The predicted octanol–water partition coefficient (Wildman–Crippen LogP) is 4.40. The molecule has 1 unspecified atom stereocenters. The Labute approximate surface area is 182 Å². The van der Waals surface area contributed by atoms with E-state index in [9.17, 15) is 14.4 Å². The first-order valence-electron chi connectivity index (χ1n) is 11.2. The molecule has 0 bridgehead atoms. The first-order valence-corrected chi connectivity index (χ1v) is 11.2. The number of aliphatic hydroxyl groups is 1. The summed E-state index contributed by atoms with van der Waals surface area (Å²) in [6, 6.07) is 10.3. The Morgan fingerprint density at radius 3 is 2.13 bits per heavy atom. The Bertz CT molecular complexity index is 547. The summed E-state index contributed by atoms with van der Waals surface area (Å²) in [6.45, 7) is 1.02. The number of aliphatic hydroxyl groups excluding tert-OH is 1. The van der Waals surface area contributed by atoms with Gasteiger partial charge in [-0.2, -0.15) is 0 Å². The molecule has 0 heterocycles. The Balaban J connectivity index is 0.00000407. The zero-order valence-electron chi connectivity index (χ0n) is 18.9. The summed E-state index contributed by atoms with van der Waals surface area (Å²) in [5, 5.41) is 7.00. The fraction of sp³-hybridized carbons (Fsp3) is 0.640. The molecule has 1 rings (SSSR count). The molecular formula is C25H41NO4. The van der Waals surface area contributed by atoms with Crippen LogP contribution >= 0.6 is 0 Å². The second kappa shape index (κ2) is 20.4. The Hall–Kier alpha value is -1.85. The minimum atomic E-state index is 0.298. The maximum absolute atomic E-state index is 12.4. The summed E-state index contributed by atoms with van der Waals surface area (Å²) >= 11 is 0. The predicted molar refractivity (Wildman–Crippen MR) is 123 cm³/mol. The van der Waals surface area contributed by atoms with E-state index in [4.69, 9.17) is 5.11 Å². The molecule has 0 amide bonds. The van der Waals surface area contributed by atoms with Crippen molar-refractivity contribution >= 4 is 18.4 Å². The summed E-state index contributed by atoms with van der Waals surface area (Å²) in [7, 11) is 3.15. The minimum Gasteiger partial charge on any atom is -0.400 e. The standard InChI is InChI=1S/C24H37NO3.CH4O/c1-25(18-10-3-2-4-11-19-26)23(15-9-6-12-20-27)16-17-24(28)21-22-13-7-5-8-14-22;1-2/h5,7-8,13-14,19-20,23H,2-4,6,9-12,15-18,21H2,1H3;2H,1H3. The molecule has 1 aromatic carbocycles. The number of unbranched alkanes of at least 4 members (excludes halogenated alkanes) is 6.